The molecule has 2 bridgehead atoms. The van der Waals surface area contributed by atoms with Crippen LogP contribution in [0.5, 0.6) is 0 Å². The summed E-state index contributed by atoms with van der Waals surface area (Å²) in [5.74, 6) is -8.07. The molecule has 3 aromatic rings. The number of nitrogens with one attached hydrogen (secondary N) is 1. The zero-order valence-corrected chi connectivity index (χ0v) is 40.0. The number of aliphatic hydroxyl groups excluding tert-OH is 1. The van der Waals surface area contributed by atoms with E-state index in [2.05, 4.69) is 5.32 Å². The fourth-order valence-corrected chi connectivity index (χ4v) is 10.8. The molecule has 70 heavy (non-hydrogen) atoms. The van der Waals surface area contributed by atoms with Crippen molar-refractivity contribution >= 4 is 41.5 Å². The minimum absolute atomic E-state index is 0.00229. The Hall–Kier alpha value is -6.31. The molecular formula is C52H59NO17. The second kappa shape index (κ2) is 20.6. The van der Waals surface area contributed by atoms with E-state index in [9.17, 15) is 34.2 Å². The van der Waals surface area contributed by atoms with Crippen LogP contribution in [0.4, 0.5) is 0 Å². The molecule has 1 unspecified atom stereocenters. The van der Waals surface area contributed by atoms with Crippen LogP contribution in [-0.4, -0.2) is 133 Å². The summed E-state index contributed by atoms with van der Waals surface area (Å²) in [7, 11) is 1.44. The number of hydrogen-bond donors (Lipinski definition) is 3. The number of benzene rings is 3. The summed E-state index contributed by atoms with van der Waals surface area (Å²) in [4.78, 5) is 99.0. The number of aliphatic hydroxyl groups is 2. The van der Waals surface area contributed by atoms with Crippen molar-refractivity contribution in [2.75, 3.05) is 33.5 Å². The van der Waals surface area contributed by atoms with Gasteiger partial charge in [0.05, 0.1) is 42.8 Å². The molecule has 11 atom stereocenters. The second-order valence-corrected chi connectivity index (χ2v) is 18.9. The molecule has 0 aromatic heterocycles. The van der Waals surface area contributed by atoms with Crippen molar-refractivity contribution < 1.29 is 81.7 Å². The lowest BCUT2D eigenvalue weighted by molar-refractivity contribution is -0.346. The van der Waals surface area contributed by atoms with Gasteiger partial charge in [-0.25, -0.2) is 14.4 Å². The summed E-state index contributed by atoms with van der Waals surface area (Å²) in [6.45, 7) is 7.36. The van der Waals surface area contributed by atoms with Gasteiger partial charge in [-0.3, -0.25) is 19.2 Å². The molecule has 3 N–H and O–H groups in total. The molecule has 374 valence electrons. The standard InChI is InChI=1S/C52H59NO17/c1-29-35(67-48(61)42(68-38(57)27-64-24-23-63-7)40(32-17-11-8-12-18-32)53-46(59)33-19-13-9-14-20-33)26-52(62)45(69-47(60)34-21-15-10-16-22-34)43-50(6,36(56)25-37-51(43,28-65-37)70-31(3)55)44(58)41(66-30(2)54)39(29)49(52,4)5/h8-22,35-37,40-43,45,56,62H,23-28H2,1-7H3,(H,53,59)/t35-,36-,37+,40-,41+,42+,43?,45-,50+,51-,52+/m0/s1. The van der Waals surface area contributed by atoms with Gasteiger partial charge >= 0.3 is 29.8 Å². The Morgan fingerprint density at radius 1 is 0.829 bits per heavy atom. The van der Waals surface area contributed by atoms with Crippen LogP contribution in [0.15, 0.2) is 102 Å². The third-order valence-electron chi connectivity index (χ3n) is 14.4. The number of ether oxygens (including phenoxy) is 8. The largest absolute Gasteiger partial charge is 0.455 e. The van der Waals surface area contributed by atoms with Crippen LogP contribution in [0.25, 0.3) is 0 Å². The quantitative estimate of drug-likeness (QED) is 0.0796. The van der Waals surface area contributed by atoms with Crippen molar-refractivity contribution in [2.45, 2.75) is 108 Å². The minimum Gasteiger partial charge on any atom is -0.455 e. The highest BCUT2D eigenvalue weighted by Gasteiger charge is 2.78. The van der Waals surface area contributed by atoms with Crippen LogP contribution in [0.2, 0.25) is 0 Å². The summed E-state index contributed by atoms with van der Waals surface area (Å²) in [6.07, 6.45) is -10.8. The van der Waals surface area contributed by atoms with E-state index < -0.39 is 125 Å². The van der Waals surface area contributed by atoms with Gasteiger partial charge in [-0.05, 0) is 54.8 Å². The molecule has 18 heteroatoms. The highest BCUT2D eigenvalue weighted by Crippen LogP contribution is 2.64. The van der Waals surface area contributed by atoms with Crippen LogP contribution in [-0.2, 0) is 61.9 Å². The Labute approximate surface area is 404 Å². The number of rotatable bonds is 16. The summed E-state index contributed by atoms with van der Waals surface area (Å²) < 4.78 is 47.0. The Morgan fingerprint density at radius 2 is 1.44 bits per heavy atom. The monoisotopic (exact) mass is 969 g/mol. The predicted octanol–water partition coefficient (Wildman–Crippen LogP) is 3.95. The lowest BCUT2D eigenvalue weighted by Gasteiger charge is -2.67. The Bertz CT molecular complexity index is 2500. The molecular weight excluding hydrogens is 911 g/mol. The molecule has 0 radical (unpaired) electrons. The third kappa shape index (κ3) is 9.50. The van der Waals surface area contributed by atoms with Crippen molar-refractivity contribution in [2.24, 2.45) is 16.7 Å². The van der Waals surface area contributed by atoms with Gasteiger partial charge in [-0.15, -0.1) is 0 Å². The number of fused-ring (bicyclic) bond motifs is 5. The summed E-state index contributed by atoms with van der Waals surface area (Å²) in [6, 6.07) is 22.7. The lowest BCUT2D eigenvalue weighted by Crippen LogP contribution is -2.82. The van der Waals surface area contributed by atoms with Gasteiger partial charge in [-0.1, -0.05) is 80.6 Å². The molecule has 4 aliphatic rings. The molecule has 1 amide bonds. The first-order valence-corrected chi connectivity index (χ1v) is 23.0. The maximum Gasteiger partial charge on any atom is 0.350 e. The molecule has 1 aliphatic heterocycles. The normalized spacial score (nSPS) is 29.5. The number of carbonyl (C=O) groups is 7. The van der Waals surface area contributed by atoms with Gasteiger partial charge in [0.25, 0.3) is 5.91 Å². The highest BCUT2D eigenvalue weighted by atomic mass is 16.6. The first-order valence-electron chi connectivity index (χ1n) is 23.0. The van der Waals surface area contributed by atoms with Gasteiger partial charge < -0.3 is 53.4 Å². The Morgan fingerprint density at radius 3 is 2.01 bits per heavy atom. The van der Waals surface area contributed by atoms with E-state index in [4.69, 9.17) is 37.9 Å². The third-order valence-corrected chi connectivity index (χ3v) is 14.4. The minimum atomic E-state index is -2.46. The SMILES string of the molecule is COCCOCC(=O)O[C@@H](C(=O)O[C@H]1C[C@@]2(O)[C@@H](OC(=O)c3ccccc3)C3[C@](C)(C(=O)[C@H](OC(C)=O)C(=C1C)C2(C)C)[C@@H](O)C[C@H]1OC[C@@]31OC(C)=O)[C@@H](NC(=O)c1ccccc1)c1ccccc1. The van der Waals surface area contributed by atoms with Crippen LogP contribution in [0.1, 0.15) is 86.7 Å². The van der Waals surface area contributed by atoms with Crippen molar-refractivity contribution in [1.29, 1.82) is 0 Å². The van der Waals surface area contributed by atoms with Crippen molar-refractivity contribution in [3.8, 4) is 0 Å². The number of Topliss-reactive ketones (excluding diaryl/α,β-unsaturated/α-hetero) is 1. The Balaban J connectivity index is 1.41. The number of methoxy groups -OCH3 is 1. The average molecular weight is 970 g/mol. The first-order chi connectivity index (χ1) is 33.2. The molecule has 2 saturated carbocycles. The fourth-order valence-electron chi connectivity index (χ4n) is 10.8. The van der Waals surface area contributed by atoms with Crippen LogP contribution < -0.4 is 5.32 Å². The first kappa shape index (κ1) is 51.5. The zero-order valence-electron chi connectivity index (χ0n) is 40.0. The van der Waals surface area contributed by atoms with E-state index in [1.54, 1.807) is 92.7 Å². The number of carbonyl (C=O) groups excluding carboxylic acids is 7. The fraction of sp³-hybridized carbons (Fsp3) is 0.481. The van der Waals surface area contributed by atoms with Crippen molar-refractivity contribution in [3.63, 3.8) is 0 Å². The topological polar surface area (TPSA) is 246 Å². The molecule has 1 saturated heterocycles. The van der Waals surface area contributed by atoms with Crippen LogP contribution in [0, 0.1) is 16.7 Å². The molecule has 3 fully saturated rings. The van der Waals surface area contributed by atoms with E-state index in [1.807, 2.05) is 0 Å². The number of amides is 1. The smallest absolute Gasteiger partial charge is 0.350 e. The average Bonchev–Trinajstić information content (AvgIpc) is 3.32. The summed E-state index contributed by atoms with van der Waals surface area (Å²) in [5.41, 5.74) is -7.45. The van der Waals surface area contributed by atoms with Gasteiger partial charge in [0, 0.05) is 44.8 Å². The van der Waals surface area contributed by atoms with E-state index in [0.717, 1.165) is 13.8 Å². The molecule has 3 aliphatic carbocycles. The zero-order chi connectivity index (χ0) is 50.8. The van der Waals surface area contributed by atoms with E-state index in [-0.39, 0.29) is 48.5 Å². The number of esters is 5. The van der Waals surface area contributed by atoms with E-state index in [0.29, 0.717) is 5.56 Å². The molecule has 0 spiro atoms. The summed E-state index contributed by atoms with van der Waals surface area (Å²) >= 11 is 0. The molecule has 1 heterocycles. The molecule has 3 aromatic carbocycles. The summed E-state index contributed by atoms with van der Waals surface area (Å²) in [5, 5.41) is 28.9. The Kier molecular flexibility index (Phi) is 15.1. The van der Waals surface area contributed by atoms with Crippen molar-refractivity contribution in [3.05, 3.63) is 119 Å². The van der Waals surface area contributed by atoms with E-state index in [1.165, 1.54) is 33.1 Å². The highest BCUT2D eigenvalue weighted by molar-refractivity contribution is 5.96. The predicted molar refractivity (Wildman–Crippen MR) is 244 cm³/mol. The van der Waals surface area contributed by atoms with Crippen molar-refractivity contribution in [1.82, 2.24) is 5.32 Å². The van der Waals surface area contributed by atoms with Crippen LogP contribution >= 0.6 is 0 Å². The number of hydrogen-bond acceptors (Lipinski definition) is 17. The maximum atomic E-state index is 15.7. The number of ketones is 1. The van der Waals surface area contributed by atoms with Gasteiger partial charge in [-0.2, -0.15) is 0 Å². The molecule has 18 nitrogen and oxygen atoms in total. The second-order valence-electron chi connectivity index (χ2n) is 18.9. The van der Waals surface area contributed by atoms with Gasteiger partial charge in [0.15, 0.2) is 17.5 Å². The van der Waals surface area contributed by atoms with Gasteiger partial charge in [0.2, 0.25) is 6.10 Å². The maximum absolute atomic E-state index is 15.7. The lowest BCUT2D eigenvalue weighted by atomic mass is 9.44. The molecule has 7 rings (SSSR count). The van der Waals surface area contributed by atoms with E-state index >= 15 is 9.59 Å². The van der Waals surface area contributed by atoms with Crippen LogP contribution in [0.3, 0.4) is 0 Å². The van der Waals surface area contributed by atoms with Gasteiger partial charge in [0.1, 0.15) is 36.6 Å².